The quantitative estimate of drug-likeness (QED) is 0.330. The molecule has 0 fully saturated rings. The average Bonchev–Trinajstić information content (AvgIpc) is 1.99. The molecule has 0 unspecified atom stereocenters. The van der Waals surface area contributed by atoms with E-state index in [0.717, 1.165) is 17.4 Å². The van der Waals surface area contributed by atoms with Crippen LogP contribution in [0.3, 0.4) is 0 Å². The zero-order valence-corrected chi connectivity index (χ0v) is 6.42. The highest BCUT2D eigenvalue weighted by molar-refractivity contribution is 5.72. The Balaban J connectivity index is 4.16. The van der Waals surface area contributed by atoms with Crippen LogP contribution < -0.4 is 0 Å². The van der Waals surface area contributed by atoms with Crippen LogP contribution in [-0.4, -0.2) is 6.29 Å². The largest absolute Gasteiger partial charge is 0.298 e. The molecule has 54 valence electrons. The molecule has 1 nitrogen and oxygen atoms in total. The van der Waals surface area contributed by atoms with E-state index < -0.39 is 0 Å². The summed E-state index contributed by atoms with van der Waals surface area (Å²) < 4.78 is 0. The molecule has 0 aliphatic carbocycles. The number of carbonyl (C=O) groups excluding carboxylic acids is 1. The van der Waals surface area contributed by atoms with Gasteiger partial charge in [-0.25, -0.2) is 0 Å². The molecule has 0 bridgehead atoms. The fourth-order valence-electron chi connectivity index (χ4n) is 0.370. The Morgan fingerprint density at radius 2 is 1.70 bits per heavy atom. The van der Waals surface area contributed by atoms with Crippen molar-refractivity contribution in [2.24, 2.45) is 0 Å². The lowest BCUT2D eigenvalue weighted by Gasteiger charge is -1.85. The molecule has 0 aromatic carbocycles. The van der Waals surface area contributed by atoms with Crippen LogP contribution in [0.15, 0.2) is 36.0 Å². The van der Waals surface area contributed by atoms with Gasteiger partial charge >= 0.3 is 0 Å². The van der Waals surface area contributed by atoms with Gasteiger partial charge in [-0.05, 0) is 19.4 Å². The van der Waals surface area contributed by atoms with E-state index in [0.29, 0.717) is 0 Å². The average molecular weight is 136 g/mol. The second kappa shape index (κ2) is 4.74. The van der Waals surface area contributed by atoms with Crippen molar-refractivity contribution >= 4 is 6.29 Å². The first kappa shape index (κ1) is 8.89. The fourth-order valence-corrected chi connectivity index (χ4v) is 0.370. The van der Waals surface area contributed by atoms with E-state index in [-0.39, 0.29) is 0 Å². The van der Waals surface area contributed by atoms with Crippen LogP contribution in [0, 0.1) is 0 Å². The van der Waals surface area contributed by atoms with Gasteiger partial charge in [0.1, 0.15) is 6.29 Å². The summed E-state index contributed by atoms with van der Waals surface area (Å²) >= 11 is 0. The molecule has 10 heavy (non-hydrogen) atoms. The first-order valence-electron chi connectivity index (χ1n) is 3.13. The molecule has 1 heteroatoms. The minimum atomic E-state index is 0.723. The van der Waals surface area contributed by atoms with Crippen LogP contribution >= 0.6 is 0 Å². The second-order valence-corrected chi connectivity index (χ2v) is 2.14. The number of rotatable bonds is 3. The number of hydrogen-bond donors (Lipinski definition) is 0. The van der Waals surface area contributed by atoms with Gasteiger partial charge in [-0.2, -0.15) is 0 Å². The Morgan fingerprint density at radius 1 is 1.20 bits per heavy atom. The lowest BCUT2D eigenvalue weighted by molar-refractivity contribution is -0.104. The topological polar surface area (TPSA) is 17.1 Å². The SMILES string of the molecule is C=C/C(C)=C\C=C(/C)C=O. The number of carbonyl (C=O) groups is 1. The van der Waals surface area contributed by atoms with Gasteiger partial charge in [0.05, 0.1) is 0 Å². The molecule has 0 radical (unpaired) electrons. The van der Waals surface area contributed by atoms with Gasteiger partial charge < -0.3 is 0 Å². The molecule has 0 aliphatic rings. The third kappa shape index (κ3) is 3.84. The van der Waals surface area contributed by atoms with Crippen LogP contribution in [0.25, 0.3) is 0 Å². The number of hydrogen-bond acceptors (Lipinski definition) is 1. The minimum Gasteiger partial charge on any atom is -0.298 e. The summed E-state index contributed by atoms with van der Waals surface area (Å²) in [6.07, 6.45) is 6.20. The van der Waals surface area contributed by atoms with Gasteiger partial charge in [0.15, 0.2) is 0 Å². The van der Waals surface area contributed by atoms with Crippen molar-refractivity contribution in [2.75, 3.05) is 0 Å². The van der Waals surface area contributed by atoms with E-state index in [4.69, 9.17) is 0 Å². The van der Waals surface area contributed by atoms with Crippen molar-refractivity contribution in [1.82, 2.24) is 0 Å². The first-order valence-corrected chi connectivity index (χ1v) is 3.13. The Bertz CT molecular complexity index is 163. The van der Waals surface area contributed by atoms with Gasteiger partial charge in [0.25, 0.3) is 0 Å². The van der Waals surface area contributed by atoms with Crippen molar-refractivity contribution in [1.29, 1.82) is 0 Å². The molecular formula is C9H12O. The van der Waals surface area contributed by atoms with E-state index in [9.17, 15) is 4.79 Å². The molecule has 0 amide bonds. The lowest BCUT2D eigenvalue weighted by atomic mass is 10.2. The van der Waals surface area contributed by atoms with E-state index in [1.165, 1.54) is 0 Å². The molecule has 0 rings (SSSR count). The Hall–Kier alpha value is -1.11. The van der Waals surface area contributed by atoms with E-state index in [2.05, 4.69) is 6.58 Å². The number of allylic oxidation sites excluding steroid dienone is 5. The van der Waals surface area contributed by atoms with E-state index in [1.807, 2.05) is 13.0 Å². The molecule has 0 heterocycles. The summed E-state index contributed by atoms with van der Waals surface area (Å²) in [5.74, 6) is 0. The summed E-state index contributed by atoms with van der Waals surface area (Å²) in [5.41, 5.74) is 1.78. The maximum atomic E-state index is 10.1. The highest BCUT2D eigenvalue weighted by Crippen LogP contribution is 1.95. The third-order valence-corrected chi connectivity index (χ3v) is 1.12. The predicted octanol–water partition coefficient (Wildman–Crippen LogP) is 2.26. The lowest BCUT2D eigenvalue weighted by Crippen LogP contribution is -1.73. The summed E-state index contributed by atoms with van der Waals surface area (Å²) in [5, 5.41) is 0. The van der Waals surface area contributed by atoms with Crippen LogP contribution in [-0.2, 0) is 4.79 Å². The third-order valence-electron chi connectivity index (χ3n) is 1.12. The summed E-state index contributed by atoms with van der Waals surface area (Å²) in [4.78, 5) is 10.1. The summed E-state index contributed by atoms with van der Waals surface area (Å²) in [7, 11) is 0. The molecule has 0 saturated carbocycles. The molecule has 0 aromatic heterocycles. The fraction of sp³-hybridized carbons (Fsp3) is 0.222. The molecule has 0 atom stereocenters. The van der Waals surface area contributed by atoms with Crippen LogP contribution in [0.2, 0.25) is 0 Å². The molecule has 0 saturated heterocycles. The zero-order chi connectivity index (χ0) is 7.98. The Morgan fingerprint density at radius 3 is 2.10 bits per heavy atom. The van der Waals surface area contributed by atoms with Crippen LogP contribution in [0.1, 0.15) is 13.8 Å². The van der Waals surface area contributed by atoms with Crippen molar-refractivity contribution in [3.8, 4) is 0 Å². The minimum absolute atomic E-state index is 0.723. The molecule has 0 spiro atoms. The van der Waals surface area contributed by atoms with Gasteiger partial charge in [-0.15, -0.1) is 0 Å². The highest BCUT2D eigenvalue weighted by atomic mass is 16.1. The highest BCUT2D eigenvalue weighted by Gasteiger charge is 1.79. The van der Waals surface area contributed by atoms with Gasteiger partial charge in [0.2, 0.25) is 0 Å². The van der Waals surface area contributed by atoms with E-state index >= 15 is 0 Å². The van der Waals surface area contributed by atoms with Crippen molar-refractivity contribution in [2.45, 2.75) is 13.8 Å². The predicted molar refractivity (Wildman–Crippen MR) is 43.8 cm³/mol. The van der Waals surface area contributed by atoms with Crippen molar-refractivity contribution < 1.29 is 4.79 Å². The van der Waals surface area contributed by atoms with E-state index in [1.54, 1.807) is 19.1 Å². The van der Waals surface area contributed by atoms with Gasteiger partial charge in [0, 0.05) is 0 Å². The zero-order valence-electron chi connectivity index (χ0n) is 6.42. The van der Waals surface area contributed by atoms with Gasteiger partial charge in [-0.1, -0.05) is 30.4 Å². The number of aldehydes is 1. The normalized spacial score (nSPS) is 13.0. The monoisotopic (exact) mass is 136 g/mol. The molecular weight excluding hydrogens is 124 g/mol. The molecule has 0 aliphatic heterocycles. The first-order chi connectivity index (χ1) is 4.70. The van der Waals surface area contributed by atoms with Gasteiger partial charge in [-0.3, -0.25) is 4.79 Å². The second-order valence-electron chi connectivity index (χ2n) is 2.14. The van der Waals surface area contributed by atoms with Crippen molar-refractivity contribution in [3.05, 3.63) is 36.0 Å². The Kier molecular flexibility index (Phi) is 4.21. The van der Waals surface area contributed by atoms with Crippen molar-refractivity contribution in [3.63, 3.8) is 0 Å². The molecule has 0 N–H and O–H groups in total. The standard InChI is InChI=1S/C9H12O/c1-4-8(2)5-6-9(3)7-10/h4-7H,1H2,2-3H3/b8-5-,9-6+. The smallest absolute Gasteiger partial charge is 0.145 e. The maximum absolute atomic E-state index is 10.1. The summed E-state index contributed by atoms with van der Waals surface area (Å²) in [6, 6.07) is 0. The van der Waals surface area contributed by atoms with Crippen LogP contribution in [0.5, 0.6) is 0 Å². The molecule has 0 aromatic rings. The van der Waals surface area contributed by atoms with Crippen LogP contribution in [0.4, 0.5) is 0 Å². The maximum Gasteiger partial charge on any atom is 0.145 e. The Labute approximate surface area is 61.8 Å². The summed E-state index contributed by atoms with van der Waals surface area (Å²) in [6.45, 7) is 7.27.